The molecule has 1 heterocycles. The highest BCUT2D eigenvalue weighted by molar-refractivity contribution is 4.92. The van der Waals surface area contributed by atoms with Gasteiger partial charge in [-0.1, -0.05) is 20.8 Å². The van der Waals surface area contributed by atoms with Crippen LogP contribution < -0.4 is 5.73 Å². The first kappa shape index (κ1) is 14.3. The van der Waals surface area contributed by atoms with Crippen molar-refractivity contribution in [2.45, 2.75) is 64.6 Å². The fourth-order valence-corrected chi connectivity index (χ4v) is 3.34. The first-order valence-corrected chi connectivity index (χ1v) is 7.41. The van der Waals surface area contributed by atoms with Gasteiger partial charge in [-0.2, -0.15) is 0 Å². The van der Waals surface area contributed by atoms with Gasteiger partial charge in [0.15, 0.2) is 0 Å². The van der Waals surface area contributed by atoms with Crippen molar-refractivity contribution in [1.29, 1.82) is 0 Å². The third-order valence-electron chi connectivity index (χ3n) is 4.80. The SMILES string of the molecule is CC(C)(C)C1CCC(CN)(OC2CCOC2)CC1. The molecule has 18 heavy (non-hydrogen) atoms. The molecule has 3 heteroatoms. The summed E-state index contributed by atoms with van der Waals surface area (Å²) in [5.74, 6) is 0.806. The number of nitrogens with two attached hydrogens (primary N) is 1. The van der Waals surface area contributed by atoms with Gasteiger partial charge in [0.05, 0.1) is 18.3 Å². The lowest BCUT2D eigenvalue weighted by Gasteiger charge is -2.44. The van der Waals surface area contributed by atoms with Gasteiger partial charge in [-0.05, 0) is 43.4 Å². The van der Waals surface area contributed by atoms with E-state index in [2.05, 4.69) is 20.8 Å². The second kappa shape index (κ2) is 5.48. The summed E-state index contributed by atoms with van der Waals surface area (Å²) in [6.45, 7) is 9.29. The predicted molar refractivity (Wildman–Crippen MR) is 73.5 cm³/mol. The van der Waals surface area contributed by atoms with Crippen LogP contribution in [0.15, 0.2) is 0 Å². The summed E-state index contributed by atoms with van der Waals surface area (Å²) < 4.78 is 11.7. The summed E-state index contributed by atoms with van der Waals surface area (Å²) in [6, 6.07) is 0. The summed E-state index contributed by atoms with van der Waals surface area (Å²) in [7, 11) is 0. The largest absolute Gasteiger partial charge is 0.379 e. The van der Waals surface area contributed by atoms with Gasteiger partial charge in [0.25, 0.3) is 0 Å². The van der Waals surface area contributed by atoms with E-state index in [-0.39, 0.29) is 11.7 Å². The number of ether oxygens (including phenoxy) is 2. The van der Waals surface area contributed by atoms with E-state index in [4.69, 9.17) is 15.2 Å². The van der Waals surface area contributed by atoms with Gasteiger partial charge in [0.2, 0.25) is 0 Å². The van der Waals surface area contributed by atoms with E-state index in [0.29, 0.717) is 12.0 Å². The average Bonchev–Trinajstić information content (AvgIpc) is 2.81. The first-order chi connectivity index (χ1) is 8.45. The molecule has 0 radical (unpaired) electrons. The molecule has 0 aromatic carbocycles. The van der Waals surface area contributed by atoms with Gasteiger partial charge >= 0.3 is 0 Å². The molecule has 1 unspecified atom stereocenters. The predicted octanol–water partition coefficient (Wildman–Crippen LogP) is 2.73. The third-order valence-corrected chi connectivity index (χ3v) is 4.80. The molecule has 1 aliphatic heterocycles. The lowest BCUT2D eigenvalue weighted by Crippen LogP contribution is -2.47. The molecule has 2 fully saturated rings. The van der Waals surface area contributed by atoms with Crippen LogP contribution in [0.25, 0.3) is 0 Å². The van der Waals surface area contributed by atoms with Crippen LogP contribution in [0.1, 0.15) is 52.9 Å². The van der Waals surface area contributed by atoms with Gasteiger partial charge in [0, 0.05) is 13.2 Å². The Morgan fingerprint density at radius 2 is 1.89 bits per heavy atom. The summed E-state index contributed by atoms with van der Waals surface area (Å²) in [5, 5.41) is 0. The van der Waals surface area contributed by atoms with Crippen LogP contribution >= 0.6 is 0 Å². The maximum absolute atomic E-state index is 6.30. The highest BCUT2D eigenvalue weighted by Gasteiger charge is 2.40. The molecule has 0 amide bonds. The quantitative estimate of drug-likeness (QED) is 0.843. The van der Waals surface area contributed by atoms with E-state index >= 15 is 0 Å². The van der Waals surface area contributed by atoms with Gasteiger partial charge < -0.3 is 15.2 Å². The van der Waals surface area contributed by atoms with Crippen molar-refractivity contribution in [3.8, 4) is 0 Å². The molecule has 1 aliphatic carbocycles. The zero-order chi connectivity index (χ0) is 13.2. The molecule has 106 valence electrons. The second-order valence-corrected chi connectivity index (χ2v) is 7.13. The standard InChI is InChI=1S/C15H29NO2/c1-14(2,3)12-4-7-15(11-16,8-5-12)18-13-6-9-17-10-13/h12-13H,4-11,16H2,1-3H3. The van der Waals surface area contributed by atoms with Crippen LogP contribution in [-0.4, -0.2) is 31.5 Å². The lowest BCUT2D eigenvalue weighted by atomic mass is 9.68. The molecule has 1 saturated carbocycles. The minimum absolute atomic E-state index is 0.0693. The van der Waals surface area contributed by atoms with Crippen molar-refractivity contribution >= 4 is 0 Å². The summed E-state index contributed by atoms with van der Waals surface area (Å²) >= 11 is 0. The van der Waals surface area contributed by atoms with Crippen LogP contribution in [0.3, 0.4) is 0 Å². The second-order valence-electron chi connectivity index (χ2n) is 7.13. The molecule has 2 aliphatic rings. The molecule has 0 bridgehead atoms. The molecule has 2 rings (SSSR count). The molecule has 3 nitrogen and oxygen atoms in total. The van der Waals surface area contributed by atoms with Gasteiger partial charge in [-0.15, -0.1) is 0 Å². The minimum Gasteiger partial charge on any atom is -0.379 e. The third kappa shape index (κ3) is 3.25. The van der Waals surface area contributed by atoms with E-state index < -0.39 is 0 Å². The van der Waals surface area contributed by atoms with Crippen LogP contribution in [0.4, 0.5) is 0 Å². The van der Waals surface area contributed by atoms with Gasteiger partial charge in [-0.25, -0.2) is 0 Å². The Hall–Kier alpha value is -0.120. The van der Waals surface area contributed by atoms with E-state index in [0.717, 1.165) is 38.4 Å². The molecule has 0 aromatic heterocycles. The first-order valence-electron chi connectivity index (χ1n) is 7.41. The van der Waals surface area contributed by atoms with Gasteiger partial charge in [-0.3, -0.25) is 0 Å². The van der Waals surface area contributed by atoms with Crippen molar-refractivity contribution in [2.24, 2.45) is 17.1 Å². The maximum atomic E-state index is 6.30. The van der Waals surface area contributed by atoms with E-state index in [9.17, 15) is 0 Å². The van der Waals surface area contributed by atoms with Crippen molar-refractivity contribution in [1.82, 2.24) is 0 Å². The van der Waals surface area contributed by atoms with Gasteiger partial charge in [0.1, 0.15) is 0 Å². The Morgan fingerprint density at radius 1 is 1.22 bits per heavy atom. The fourth-order valence-electron chi connectivity index (χ4n) is 3.34. The van der Waals surface area contributed by atoms with E-state index in [1.807, 2.05) is 0 Å². The van der Waals surface area contributed by atoms with Crippen LogP contribution in [-0.2, 0) is 9.47 Å². The molecule has 0 spiro atoms. The highest BCUT2D eigenvalue weighted by atomic mass is 16.6. The average molecular weight is 255 g/mol. The Kier molecular flexibility index (Phi) is 4.35. The molecule has 1 saturated heterocycles. The van der Waals surface area contributed by atoms with Crippen molar-refractivity contribution < 1.29 is 9.47 Å². The number of rotatable bonds is 3. The molecular formula is C15H29NO2. The topological polar surface area (TPSA) is 44.5 Å². The summed E-state index contributed by atoms with van der Waals surface area (Å²) in [4.78, 5) is 0. The Balaban J connectivity index is 1.90. The molecule has 0 aromatic rings. The van der Waals surface area contributed by atoms with Crippen molar-refractivity contribution in [3.05, 3.63) is 0 Å². The Labute approximate surface area is 111 Å². The summed E-state index contributed by atoms with van der Waals surface area (Å²) in [5.41, 5.74) is 6.35. The molecular weight excluding hydrogens is 226 g/mol. The number of hydrogen-bond donors (Lipinski definition) is 1. The highest BCUT2D eigenvalue weighted by Crippen LogP contribution is 2.43. The monoisotopic (exact) mass is 255 g/mol. The lowest BCUT2D eigenvalue weighted by molar-refractivity contribution is -0.119. The van der Waals surface area contributed by atoms with Crippen LogP contribution in [0.5, 0.6) is 0 Å². The molecule has 1 atom stereocenters. The zero-order valence-electron chi connectivity index (χ0n) is 12.2. The van der Waals surface area contributed by atoms with E-state index in [1.54, 1.807) is 0 Å². The van der Waals surface area contributed by atoms with Crippen molar-refractivity contribution in [2.75, 3.05) is 19.8 Å². The fraction of sp³-hybridized carbons (Fsp3) is 1.00. The van der Waals surface area contributed by atoms with Crippen molar-refractivity contribution in [3.63, 3.8) is 0 Å². The number of hydrogen-bond acceptors (Lipinski definition) is 3. The summed E-state index contributed by atoms with van der Waals surface area (Å²) in [6.07, 6.45) is 6.02. The van der Waals surface area contributed by atoms with Crippen LogP contribution in [0.2, 0.25) is 0 Å². The minimum atomic E-state index is -0.0693. The zero-order valence-corrected chi connectivity index (χ0v) is 12.2. The van der Waals surface area contributed by atoms with Crippen LogP contribution in [0, 0.1) is 11.3 Å². The normalized spacial score (nSPS) is 38.0. The maximum Gasteiger partial charge on any atom is 0.0838 e. The van der Waals surface area contributed by atoms with E-state index in [1.165, 1.54) is 12.8 Å². The molecule has 2 N–H and O–H groups in total. The smallest absolute Gasteiger partial charge is 0.0838 e. The Morgan fingerprint density at radius 3 is 2.33 bits per heavy atom. The Bertz CT molecular complexity index is 258.